The van der Waals surface area contributed by atoms with Gasteiger partial charge in [0.1, 0.15) is 24.4 Å². The van der Waals surface area contributed by atoms with Crippen LogP contribution in [0.4, 0.5) is 0 Å². The van der Waals surface area contributed by atoms with E-state index < -0.39 is 40.7 Å². The summed E-state index contributed by atoms with van der Waals surface area (Å²) >= 11 is 0. The van der Waals surface area contributed by atoms with Crippen LogP contribution in [0.1, 0.15) is 44.8 Å². The van der Waals surface area contributed by atoms with E-state index in [2.05, 4.69) is 6.92 Å². The van der Waals surface area contributed by atoms with Crippen LogP contribution in [0, 0.1) is 22.7 Å². The third-order valence-corrected chi connectivity index (χ3v) is 8.24. The van der Waals surface area contributed by atoms with Gasteiger partial charge in [0.05, 0.1) is 18.4 Å². The summed E-state index contributed by atoms with van der Waals surface area (Å²) in [5.41, 5.74) is -1.97. The molecule has 0 aromatic carbocycles. The molecular formula is C20H22O7. The zero-order chi connectivity index (χ0) is 18.8. The normalized spacial score (nSPS) is 55.1. The highest BCUT2D eigenvalue weighted by Crippen LogP contribution is 2.72. The van der Waals surface area contributed by atoms with Crippen molar-refractivity contribution in [2.24, 2.45) is 22.7 Å². The van der Waals surface area contributed by atoms with Crippen molar-refractivity contribution in [1.29, 1.82) is 0 Å². The molecule has 2 aliphatic carbocycles. The average molecular weight is 374 g/mol. The number of ether oxygens (including phenoxy) is 3. The smallest absolute Gasteiger partial charge is 0.341 e. The number of furan rings is 1. The van der Waals surface area contributed by atoms with Gasteiger partial charge >= 0.3 is 11.9 Å². The summed E-state index contributed by atoms with van der Waals surface area (Å²) in [5.74, 6) is -1.24. The molecule has 0 radical (unpaired) electrons. The summed E-state index contributed by atoms with van der Waals surface area (Å²) in [6.07, 6.45) is 3.34. The van der Waals surface area contributed by atoms with E-state index in [9.17, 15) is 14.7 Å². The molecular weight excluding hydrogens is 352 g/mol. The van der Waals surface area contributed by atoms with Crippen LogP contribution in [0.15, 0.2) is 23.0 Å². The van der Waals surface area contributed by atoms with Gasteiger partial charge in [-0.15, -0.1) is 0 Å². The van der Waals surface area contributed by atoms with E-state index in [1.165, 1.54) is 0 Å². The van der Waals surface area contributed by atoms with Gasteiger partial charge in [0.15, 0.2) is 5.60 Å². The van der Waals surface area contributed by atoms with Gasteiger partial charge in [0.25, 0.3) is 0 Å². The summed E-state index contributed by atoms with van der Waals surface area (Å²) < 4.78 is 22.3. The number of cyclic esters (lactones) is 1. The van der Waals surface area contributed by atoms with Gasteiger partial charge < -0.3 is 23.7 Å². The molecule has 5 heterocycles. The highest BCUT2D eigenvalue weighted by molar-refractivity contribution is 5.85. The molecule has 1 aromatic rings. The molecule has 7 nitrogen and oxygen atoms in total. The molecule has 0 spiro atoms. The molecule has 1 unspecified atom stereocenters. The van der Waals surface area contributed by atoms with Crippen LogP contribution in [0.3, 0.4) is 0 Å². The molecule has 2 saturated carbocycles. The van der Waals surface area contributed by atoms with E-state index >= 15 is 0 Å². The van der Waals surface area contributed by atoms with E-state index in [4.69, 9.17) is 18.6 Å². The number of carbonyl (C=O) groups excluding carboxylic acids is 2. The first-order valence-electron chi connectivity index (χ1n) is 9.62. The summed E-state index contributed by atoms with van der Waals surface area (Å²) in [4.78, 5) is 25.5. The molecule has 4 saturated heterocycles. The van der Waals surface area contributed by atoms with Crippen LogP contribution in [-0.2, 0) is 23.8 Å². The van der Waals surface area contributed by atoms with E-state index in [0.29, 0.717) is 19.3 Å². The van der Waals surface area contributed by atoms with Crippen molar-refractivity contribution in [2.75, 3.05) is 0 Å². The van der Waals surface area contributed by atoms with Crippen molar-refractivity contribution in [3.63, 3.8) is 0 Å². The van der Waals surface area contributed by atoms with Crippen molar-refractivity contribution in [2.45, 2.75) is 63.1 Å². The zero-order valence-electron chi connectivity index (χ0n) is 15.2. The third-order valence-electron chi connectivity index (χ3n) is 8.24. The Hall–Kier alpha value is -1.86. The van der Waals surface area contributed by atoms with Crippen LogP contribution in [0.2, 0.25) is 0 Å². The first-order valence-corrected chi connectivity index (χ1v) is 9.62. The van der Waals surface area contributed by atoms with Crippen LogP contribution < -0.4 is 0 Å². The maximum atomic E-state index is 12.9. The van der Waals surface area contributed by atoms with Crippen molar-refractivity contribution in [3.05, 3.63) is 24.2 Å². The maximum absolute atomic E-state index is 12.9. The van der Waals surface area contributed by atoms with Gasteiger partial charge in [0, 0.05) is 16.9 Å². The van der Waals surface area contributed by atoms with E-state index in [-0.39, 0.29) is 23.9 Å². The number of aliphatic hydroxyl groups is 1. The van der Waals surface area contributed by atoms with Crippen molar-refractivity contribution < 1.29 is 33.3 Å². The second-order valence-electron chi connectivity index (χ2n) is 9.34. The molecule has 6 fully saturated rings. The van der Waals surface area contributed by atoms with Gasteiger partial charge in [-0.05, 0) is 30.7 Å². The molecule has 9 atom stereocenters. The maximum Gasteiger partial charge on any atom is 0.341 e. The van der Waals surface area contributed by atoms with Gasteiger partial charge in [-0.1, -0.05) is 13.8 Å². The number of esters is 2. The number of hydrogen-bond acceptors (Lipinski definition) is 7. The molecule has 7 heteroatoms. The molecule has 2 bridgehead atoms. The lowest BCUT2D eigenvalue weighted by Crippen LogP contribution is -2.77. The Morgan fingerprint density at radius 1 is 1.19 bits per heavy atom. The largest absolute Gasteiger partial charge is 0.472 e. The lowest BCUT2D eigenvalue weighted by atomic mass is 9.41. The second-order valence-corrected chi connectivity index (χ2v) is 9.34. The molecule has 1 aromatic heterocycles. The topological polar surface area (TPSA) is 98.5 Å². The SMILES string of the molecule is C[C@@]12C[C@H](c3ccoc3)OC(=O)[C@H]1CC[C@]1(C)[C@H]2C2OC(=O)[C@@]1(O)[C@H]1O[C@@H]21. The van der Waals surface area contributed by atoms with Crippen LogP contribution in [0.25, 0.3) is 0 Å². The number of epoxide rings is 1. The predicted molar refractivity (Wildman–Crippen MR) is 88.1 cm³/mol. The molecule has 4 aliphatic heterocycles. The Labute approximate surface area is 155 Å². The van der Waals surface area contributed by atoms with E-state index in [1.54, 1.807) is 12.5 Å². The number of carbonyl (C=O) groups is 2. The first kappa shape index (κ1) is 16.1. The summed E-state index contributed by atoms with van der Waals surface area (Å²) in [6.45, 7) is 4.06. The number of hydrogen-bond donors (Lipinski definition) is 1. The van der Waals surface area contributed by atoms with Crippen molar-refractivity contribution in [3.8, 4) is 0 Å². The highest BCUT2D eigenvalue weighted by Gasteiger charge is 2.84. The minimum atomic E-state index is -1.64. The van der Waals surface area contributed by atoms with Gasteiger partial charge in [-0.25, -0.2) is 4.79 Å². The lowest BCUT2D eigenvalue weighted by Gasteiger charge is -2.66. The predicted octanol–water partition coefficient (Wildman–Crippen LogP) is 1.74. The fraction of sp³-hybridized carbons (Fsp3) is 0.700. The monoisotopic (exact) mass is 374 g/mol. The Balaban J connectivity index is 1.48. The molecule has 144 valence electrons. The Bertz CT molecular complexity index is 849. The molecule has 27 heavy (non-hydrogen) atoms. The summed E-state index contributed by atoms with van der Waals surface area (Å²) in [5, 5.41) is 11.4. The Kier molecular flexibility index (Phi) is 2.73. The fourth-order valence-electron chi connectivity index (χ4n) is 6.93. The minimum absolute atomic E-state index is 0.169. The zero-order valence-corrected chi connectivity index (χ0v) is 15.2. The van der Waals surface area contributed by atoms with Gasteiger partial charge in [-0.3, -0.25) is 4.79 Å². The average Bonchev–Trinajstić information content (AvgIpc) is 3.24. The van der Waals surface area contributed by atoms with E-state index in [0.717, 1.165) is 5.56 Å². The van der Waals surface area contributed by atoms with Crippen molar-refractivity contribution >= 4 is 11.9 Å². The Morgan fingerprint density at radius 3 is 2.74 bits per heavy atom. The van der Waals surface area contributed by atoms with Crippen LogP contribution in [-0.4, -0.2) is 41.0 Å². The molecule has 1 N–H and O–H groups in total. The third kappa shape index (κ3) is 1.63. The summed E-state index contributed by atoms with van der Waals surface area (Å²) in [7, 11) is 0. The molecule has 0 amide bonds. The highest BCUT2D eigenvalue weighted by atomic mass is 16.7. The number of rotatable bonds is 1. The van der Waals surface area contributed by atoms with Gasteiger partial charge in [-0.2, -0.15) is 0 Å². The van der Waals surface area contributed by atoms with E-state index in [1.807, 2.05) is 13.0 Å². The molecule has 7 rings (SSSR count). The molecule has 6 aliphatic rings. The quantitative estimate of drug-likeness (QED) is 0.590. The first-order chi connectivity index (χ1) is 12.8. The van der Waals surface area contributed by atoms with Crippen molar-refractivity contribution in [1.82, 2.24) is 0 Å². The lowest BCUT2D eigenvalue weighted by molar-refractivity contribution is -0.282. The summed E-state index contributed by atoms with van der Waals surface area (Å²) in [6, 6.07) is 1.81. The Morgan fingerprint density at radius 2 is 2.00 bits per heavy atom. The van der Waals surface area contributed by atoms with Gasteiger partial charge in [0.2, 0.25) is 0 Å². The standard InChI is InChI=1S/C20H22O7/c1-18-7-11(9-4-6-24-8-9)25-16(21)10(18)3-5-19(2)14(18)12-13-15(26-13)20(19,23)17(22)27-12/h4,6,8,10-15,23H,3,5,7H2,1-2H3/t10-,11-,12?,13+,14+,15+,18-,19-,20+/m1/s1. The second kappa shape index (κ2) is 4.58. The number of fused-ring (bicyclic) bond motifs is 2. The minimum Gasteiger partial charge on any atom is -0.472 e. The van der Waals surface area contributed by atoms with Crippen LogP contribution in [0.5, 0.6) is 0 Å². The fourth-order valence-corrected chi connectivity index (χ4v) is 6.93. The van der Waals surface area contributed by atoms with Crippen LogP contribution >= 0.6 is 0 Å².